The third-order valence-electron chi connectivity index (χ3n) is 7.49. The van der Waals surface area contributed by atoms with Crippen LogP contribution >= 0.6 is 23.4 Å². The molecule has 10 heteroatoms. The third-order valence-corrected chi connectivity index (χ3v) is 8.80. The summed E-state index contributed by atoms with van der Waals surface area (Å²) in [7, 11) is 1.81. The van der Waals surface area contributed by atoms with Crippen LogP contribution in [-0.2, 0) is 23.6 Å². The van der Waals surface area contributed by atoms with Gasteiger partial charge in [0.05, 0.1) is 0 Å². The Hall–Kier alpha value is -4.21. The van der Waals surface area contributed by atoms with Crippen molar-refractivity contribution < 1.29 is 9.18 Å². The summed E-state index contributed by atoms with van der Waals surface area (Å²) in [4.78, 5) is 32.3. The summed E-state index contributed by atoms with van der Waals surface area (Å²) in [6.07, 6.45) is 4.41. The van der Waals surface area contributed by atoms with Crippen molar-refractivity contribution in [3.05, 3.63) is 135 Å². The molecule has 3 aromatic carbocycles. The topological polar surface area (TPSA) is 83.9 Å². The number of rotatable bonds is 12. The fraction of sp³-hybridized carbons (Fsp3) is 0.235. The van der Waals surface area contributed by atoms with Gasteiger partial charge in [0.1, 0.15) is 5.82 Å². The van der Waals surface area contributed by atoms with Crippen molar-refractivity contribution in [1.82, 2.24) is 24.6 Å². The molecule has 2 heterocycles. The summed E-state index contributed by atoms with van der Waals surface area (Å²) in [5, 5.41) is 8.20. The van der Waals surface area contributed by atoms with Crippen molar-refractivity contribution >= 4 is 29.3 Å². The number of carbonyl (C=O) groups excluding carboxylic acids is 1. The van der Waals surface area contributed by atoms with Crippen molar-refractivity contribution in [1.29, 1.82) is 0 Å². The summed E-state index contributed by atoms with van der Waals surface area (Å²) in [6.45, 7) is 2.95. The summed E-state index contributed by atoms with van der Waals surface area (Å²) in [5.74, 6) is 0.0438. The molecule has 1 N–H and O–H groups in total. The van der Waals surface area contributed by atoms with E-state index in [2.05, 4.69) is 15.2 Å². The molecule has 5 rings (SSSR count). The van der Waals surface area contributed by atoms with Crippen LogP contribution in [0, 0.1) is 5.82 Å². The highest BCUT2D eigenvalue weighted by Crippen LogP contribution is 2.25. The number of thioether (sulfide) groups is 1. The first-order chi connectivity index (χ1) is 21.3. The van der Waals surface area contributed by atoms with Gasteiger partial charge in [-0.05, 0) is 59.0 Å². The van der Waals surface area contributed by atoms with Gasteiger partial charge in [-0.15, -0.1) is 0 Å². The van der Waals surface area contributed by atoms with E-state index >= 15 is 0 Å². The number of nitrogens with zero attached hydrogens (tertiary/aromatic N) is 4. The monoisotopic (exact) mass is 629 g/mol. The molecule has 0 aliphatic rings. The van der Waals surface area contributed by atoms with Crippen molar-refractivity contribution in [2.24, 2.45) is 0 Å². The van der Waals surface area contributed by atoms with Crippen LogP contribution in [0.15, 0.2) is 101 Å². The summed E-state index contributed by atoms with van der Waals surface area (Å²) < 4.78 is 15.3. The quantitative estimate of drug-likeness (QED) is 0.116. The second-order valence-corrected chi connectivity index (χ2v) is 12.1. The molecule has 0 spiro atoms. The van der Waals surface area contributed by atoms with Crippen molar-refractivity contribution in [2.45, 2.75) is 49.7 Å². The average molecular weight is 630 g/mol. The number of aromatic nitrogens is 4. The van der Waals surface area contributed by atoms with Crippen LogP contribution in [-0.4, -0.2) is 37.6 Å². The molecule has 1 unspecified atom stereocenters. The van der Waals surface area contributed by atoms with E-state index in [0.29, 0.717) is 47.4 Å². The second kappa shape index (κ2) is 14.5. The predicted molar refractivity (Wildman–Crippen MR) is 173 cm³/mol. The fourth-order valence-electron chi connectivity index (χ4n) is 4.87. The van der Waals surface area contributed by atoms with Crippen molar-refractivity contribution in [3.63, 3.8) is 0 Å². The molecular weight excluding hydrogens is 597 g/mol. The van der Waals surface area contributed by atoms with Crippen LogP contribution in [0.5, 0.6) is 0 Å². The molecule has 0 aliphatic heterocycles. The van der Waals surface area contributed by atoms with Crippen molar-refractivity contribution in [2.75, 3.05) is 7.05 Å². The van der Waals surface area contributed by atoms with E-state index in [-0.39, 0.29) is 23.2 Å². The van der Waals surface area contributed by atoms with Gasteiger partial charge >= 0.3 is 0 Å². The Morgan fingerprint density at radius 2 is 1.66 bits per heavy atom. The van der Waals surface area contributed by atoms with Gasteiger partial charge in [0.15, 0.2) is 5.16 Å². The zero-order valence-electron chi connectivity index (χ0n) is 24.5. The van der Waals surface area contributed by atoms with E-state index in [9.17, 15) is 14.0 Å². The Morgan fingerprint density at radius 1 is 1.00 bits per heavy atom. The van der Waals surface area contributed by atoms with E-state index in [1.54, 1.807) is 23.2 Å². The maximum Gasteiger partial charge on any atom is 0.277 e. The van der Waals surface area contributed by atoms with Gasteiger partial charge < -0.3 is 9.47 Å². The summed E-state index contributed by atoms with van der Waals surface area (Å²) in [6, 6.07) is 24.0. The Kier molecular flexibility index (Phi) is 10.3. The number of carbonyl (C=O) groups is 1. The minimum Gasteiger partial charge on any atom is -0.341 e. The molecule has 226 valence electrons. The second-order valence-electron chi connectivity index (χ2n) is 10.7. The number of aromatic amines is 1. The van der Waals surface area contributed by atoms with Crippen LogP contribution in [0.1, 0.15) is 48.1 Å². The molecule has 0 bridgehead atoms. The van der Waals surface area contributed by atoms with E-state index in [1.807, 2.05) is 79.3 Å². The normalized spacial score (nSPS) is 11.8. The Bertz CT molecular complexity index is 1740. The SMILES string of the molecule is CC(c1ccn[nH]1)c1cn(CCCC(=O)N(C)Cc2ccc(-c3ccc(Cl)cc3)cc2)c(SCc2ccc(F)cc2)nc1=O. The number of amides is 1. The Labute approximate surface area is 265 Å². The minimum absolute atomic E-state index is 0.0346. The summed E-state index contributed by atoms with van der Waals surface area (Å²) >= 11 is 7.42. The molecule has 0 saturated carbocycles. The first-order valence-corrected chi connectivity index (χ1v) is 15.7. The number of benzene rings is 3. The molecule has 1 amide bonds. The van der Waals surface area contributed by atoms with Crippen LogP contribution in [0.2, 0.25) is 5.02 Å². The van der Waals surface area contributed by atoms with Gasteiger partial charge in [0, 0.05) is 66.9 Å². The maximum atomic E-state index is 13.4. The molecule has 0 saturated heterocycles. The Morgan fingerprint density at radius 3 is 2.32 bits per heavy atom. The highest BCUT2D eigenvalue weighted by Gasteiger charge is 2.18. The zero-order chi connectivity index (χ0) is 31.1. The van der Waals surface area contributed by atoms with Crippen molar-refractivity contribution in [3.8, 4) is 11.1 Å². The highest BCUT2D eigenvalue weighted by atomic mass is 35.5. The zero-order valence-corrected chi connectivity index (χ0v) is 26.1. The molecular formula is C34H33ClFN5O2S. The smallest absolute Gasteiger partial charge is 0.277 e. The molecule has 0 radical (unpaired) electrons. The Balaban J connectivity index is 1.23. The average Bonchev–Trinajstić information content (AvgIpc) is 3.57. The molecule has 0 fully saturated rings. The van der Waals surface area contributed by atoms with Crippen LogP contribution < -0.4 is 5.56 Å². The fourth-order valence-corrected chi connectivity index (χ4v) is 5.94. The molecule has 1 atom stereocenters. The van der Waals surface area contributed by atoms with E-state index in [0.717, 1.165) is 27.9 Å². The van der Waals surface area contributed by atoms with E-state index in [1.165, 1.54) is 23.9 Å². The van der Waals surface area contributed by atoms with Gasteiger partial charge in [0.2, 0.25) is 5.91 Å². The lowest BCUT2D eigenvalue weighted by atomic mass is 10.0. The minimum atomic E-state index is -0.303. The van der Waals surface area contributed by atoms with Gasteiger partial charge in [-0.2, -0.15) is 10.1 Å². The predicted octanol–water partition coefficient (Wildman–Crippen LogP) is 7.31. The molecule has 2 aromatic heterocycles. The molecule has 0 aliphatic carbocycles. The van der Waals surface area contributed by atoms with Gasteiger partial charge in [-0.3, -0.25) is 14.7 Å². The number of H-pyrrole nitrogens is 1. The van der Waals surface area contributed by atoms with Gasteiger partial charge in [0.25, 0.3) is 5.56 Å². The lowest BCUT2D eigenvalue weighted by molar-refractivity contribution is -0.130. The molecule has 44 heavy (non-hydrogen) atoms. The number of hydrogen-bond donors (Lipinski definition) is 1. The standard InChI is InChI=1S/C34H33ClFN5O2S/c1-23(31-17-18-37-39-31)30-21-41(34(38-33(30)43)44-22-25-7-15-29(36)16-8-25)19-3-4-32(42)40(2)20-24-5-9-26(10-6-24)27-11-13-28(35)14-12-27/h5-18,21,23H,3-4,19-20,22H2,1-2H3,(H,37,39). The van der Waals surface area contributed by atoms with E-state index in [4.69, 9.17) is 11.6 Å². The number of nitrogens with one attached hydrogen (secondary N) is 1. The maximum absolute atomic E-state index is 13.4. The van der Waals surface area contributed by atoms with Gasteiger partial charge in [-0.25, -0.2) is 4.39 Å². The first kappa shape index (κ1) is 31.2. The summed E-state index contributed by atoms with van der Waals surface area (Å²) in [5.41, 5.74) is 5.20. The van der Waals surface area contributed by atoms with Gasteiger partial charge in [-0.1, -0.05) is 78.8 Å². The lowest BCUT2D eigenvalue weighted by Gasteiger charge is -2.19. The lowest BCUT2D eigenvalue weighted by Crippen LogP contribution is -2.26. The number of halogens is 2. The van der Waals surface area contributed by atoms with E-state index < -0.39 is 0 Å². The number of hydrogen-bond acceptors (Lipinski definition) is 5. The number of aryl methyl sites for hydroxylation is 1. The van der Waals surface area contributed by atoms with Crippen LogP contribution in [0.3, 0.4) is 0 Å². The molecule has 7 nitrogen and oxygen atoms in total. The van der Waals surface area contributed by atoms with Crippen LogP contribution in [0.4, 0.5) is 4.39 Å². The molecule has 5 aromatic rings. The highest BCUT2D eigenvalue weighted by molar-refractivity contribution is 7.98. The first-order valence-electron chi connectivity index (χ1n) is 14.3. The third kappa shape index (κ3) is 8.03. The largest absolute Gasteiger partial charge is 0.341 e. The van der Waals surface area contributed by atoms with Crippen LogP contribution in [0.25, 0.3) is 11.1 Å².